The predicted molar refractivity (Wildman–Crippen MR) is 65.2 cm³/mol. The van der Waals surface area contributed by atoms with Crippen molar-refractivity contribution in [1.82, 2.24) is 5.32 Å². The summed E-state index contributed by atoms with van der Waals surface area (Å²) >= 11 is 9.46. The highest BCUT2D eigenvalue weighted by molar-refractivity contribution is 9.10. The maximum Gasteiger partial charge on any atom is 0.0932 e. The molecule has 1 saturated heterocycles. The van der Waals surface area contributed by atoms with E-state index >= 15 is 0 Å². The van der Waals surface area contributed by atoms with Gasteiger partial charge in [-0.2, -0.15) is 0 Å². The zero-order valence-electron chi connectivity index (χ0n) is 8.26. The van der Waals surface area contributed by atoms with Crippen LogP contribution in [-0.4, -0.2) is 18.2 Å². The van der Waals surface area contributed by atoms with Gasteiger partial charge < -0.3 is 10.4 Å². The van der Waals surface area contributed by atoms with Gasteiger partial charge in [0.15, 0.2) is 0 Å². The Hall–Kier alpha value is -0.0900. The Morgan fingerprint density at radius 3 is 2.67 bits per heavy atom. The molecule has 2 N–H and O–H groups in total. The van der Waals surface area contributed by atoms with Crippen LogP contribution in [0.2, 0.25) is 5.02 Å². The Bertz CT molecular complexity index is 364. The molecular formula is C11H13BrClNO. The summed E-state index contributed by atoms with van der Waals surface area (Å²) in [6.07, 6.45) is 1.46. The number of rotatable bonds is 1. The van der Waals surface area contributed by atoms with Crippen molar-refractivity contribution >= 4 is 27.5 Å². The monoisotopic (exact) mass is 289 g/mol. The fourth-order valence-corrected chi connectivity index (χ4v) is 2.78. The third-order valence-electron chi connectivity index (χ3n) is 2.88. The fourth-order valence-electron chi connectivity index (χ4n) is 1.97. The molecule has 4 heteroatoms. The van der Waals surface area contributed by atoms with Crippen LogP contribution in [0.25, 0.3) is 0 Å². The molecule has 0 bridgehead atoms. The van der Waals surface area contributed by atoms with Gasteiger partial charge in [-0.3, -0.25) is 0 Å². The lowest BCUT2D eigenvalue weighted by molar-refractivity contribution is 0.00528. The van der Waals surface area contributed by atoms with Crippen LogP contribution < -0.4 is 5.32 Å². The van der Waals surface area contributed by atoms with E-state index < -0.39 is 5.60 Å². The molecule has 0 aromatic heterocycles. The van der Waals surface area contributed by atoms with Gasteiger partial charge in [-0.15, -0.1) is 0 Å². The molecule has 0 aliphatic carbocycles. The first-order valence-corrected chi connectivity index (χ1v) is 6.18. The van der Waals surface area contributed by atoms with Crippen LogP contribution in [0.15, 0.2) is 22.7 Å². The van der Waals surface area contributed by atoms with Crippen molar-refractivity contribution in [2.75, 3.05) is 13.1 Å². The zero-order valence-corrected chi connectivity index (χ0v) is 10.6. The van der Waals surface area contributed by atoms with Gasteiger partial charge in [0.2, 0.25) is 0 Å². The molecule has 1 aromatic rings. The van der Waals surface area contributed by atoms with E-state index in [2.05, 4.69) is 21.2 Å². The van der Waals surface area contributed by atoms with Crippen LogP contribution in [-0.2, 0) is 5.60 Å². The largest absolute Gasteiger partial charge is 0.385 e. The molecular weight excluding hydrogens is 277 g/mol. The Kier molecular flexibility index (Phi) is 3.36. The first-order chi connectivity index (χ1) is 7.13. The topological polar surface area (TPSA) is 32.3 Å². The summed E-state index contributed by atoms with van der Waals surface area (Å²) in [6.45, 7) is 1.69. The van der Waals surface area contributed by atoms with Gasteiger partial charge in [0.25, 0.3) is 0 Å². The summed E-state index contributed by atoms with van der Waals surface area (Å²) in [6, 6.07) is 5.63. The molecule has 0 saturated carbocycles. The van der Waals surface area contributed by atoms with E-state index in [1.807, 2.05) is 18.2 Å². The van der Waals surface area contributed by atoms with E-state index in [-0.39, 0.29) is 0 Å². The molecule has 1 aliphatic heterocycles. The van der Waals surface area contributed by atoms with Crippen LogP contribution in [0.5, 0.6) is 0 Å². The van der Waals surface area contributed by atoms with Gasteiger partial charge in [-0.1, -0.05) is 23.7 Å². The lowest BCUT2D eigenvalue weighted by atomic mass is 9.85. The molecule has 2 rings (SSSR count). The van der Waals surface area contributed by atoms with Crippen LogP contribution in [0.1, 0.15) is 18.4 Å². The van der Waals surface area contributed by atoms with Gasteiger partial charge in [0.05, 0.1) is 10.6 Å². The van der Waals surface area contributed by atoms with E-state index in [0.29, 0.717) is 5.02 Å². The minimum atomic E-state index is -0.741. The highest BCUT2D eigenvalue weighted by atomic mass is 79.9. The number of nitrogens with one attached hydrogen (secondary N) is 1. The van der Waals surface area contributed by atoms with Crippen molar-refractivity contribution in [3.63, 3.8) is 0 Å². The lowest BCUT2D eigenvalue weighted by Crippen LogP contribution is -2.39. The third kappa shape index (κ3) is 2.21. The van der Waals surface area contributed by atoms with Gasteiger partial charge in [0, 0.05) is 4.47 Å². The van der Waals surface area contributed by atoms with Crippen molar-refractivity contribution in [1.29, 1.82) is 0 Å². The molecule has 0 radical (unpaired) electrons. The number of benzene rings is 1. The molecule has 15 heavy (non-hydrogen) atoms. The minimum absolute atomic E-state index is 0.652. The molecule has 1 heterocycles. The summed E-state index contributed by atoms with van der Waals surface area (Å²) in [5.41, 5.74) is 0.158. The Labute approximate surface area is 103 Å². The standard InChI is InChI=1S/C11H13BrClNO/c12-10-8(2-1-3-9(10)13)11(15)4-6-14-7-5-11/h1-3,14-15H,4-7H2. The zero-order chi connectivity index (χ0) is 10.9. The third-order valence-corrected chi connectivity index (χ3v) is 4.28. The van der Waals surface area contributed by atoms with Gasteiger partial charge >= 0.3 is 0 Å². The van der Waals surface area contributed by atoms with Crippen molar-refractivity contribution in [2.24, 2.45) is 0 Å². The Balaban J connectivity index is 2.39. The van der Waals surface area contributed by atoms with Crippen molar-refractivity contribution in [2.45, 2.75) is 18.4 Å². The molecule has 2 nitrogen and oxygen atoms in total. The molecule has 1 aromatic carbocycles. The predicted octanol–water partition coefficient (Wildman–Crippen LogP) is 2.67. The van der Waals surface area contributed by atoms with E-state index in [1.165, 1.54) is 0 Å². The molecule has 1 fully saturated rings. The molecule has 1 aliphatic rings. The SMILES string of the molecule is OC1(c2cccc(Cl)c2Br)CCNCC1. The first kappa shape index (κ1) is 11.4. The van der Waals surface area contributed by atoms with Crippen molar-refractivity contribution in [3.05, 3.63) is 33.3 Å². The van der Waals surface area contributed by atoms with E-state index in [4.69, 9.17) is 11.6 Å². The average Bonchev–Trinajstić information content (AvgIpc) is 2.23. The second kappa shape index (κ2) is 4.42. The average molecular weight is 291 g/mol. The summed E-state index contributed by atoms with van der Waals surface area (Å²) in [7, 11) is 0. The number of piperidine rings is 1. The van der Waals surface area contributed by atoms with E-state index in [9.17, 15) is 5.11 Å². The maximum absolute atomic E-state index is 10.5. The normalized spacial score (nSPS) is 20.2. The van der Waals surface area contributed by atoms with Gasteiger partial charge in [-0.25, -0.2) is 0 Å². The summed E-state index contributed by atoms with van der Waals surface area (Å²) in [5.74, 6) is 0. The molecule has 82 valence electrons. The van der Waals surface area contributed by atoms with Crippen molar-refractivity contribution < 1.29 is 5.11 Å². The molecule has 0 amide bonds. The molecule has 0 spiro atoms. The van der Waals surface area contributed by atoms with E-state index in [0.717, 1.165) is 36.0 Å². The van der Waals surface area contributed by atoms with Gasteiger partial charge in [-0.05, 0) is 53.5 Å². The molecule has 0 unspecified atom stereocenters. The number of aliphatic hydroxyl groups is 1. The van der Waals surface area contributed by atoms with Crippen LogP contribution in [0, 0.1) is 0 Å². The second-order valence-corrected chi connectivity index (χ2v) is 5.08. The number of halogens is 2. The summed E-state index contributed by atoms with van der Waals surface area (Å²) < 4.78 is 0.816. The summed E-state index contributed by atoms with van der Waals surface area (Å²) in [5, 5.41) is 14.4. The highest BCUT2D eigenvalue weighted by Crippen LogP contribution is 2.38. The highest BCUT2D eigenvalue weighted by Gasteiger charge is 2.33. The first-order valence-electron chi connectivity index (χ1n) is 5.01. The van der Waals surface area contributed by atoms with Crippen LogP contribution in [0.4, 0.5) is 0 Å². The second-order valence-electron chi connectivity index (χ2n) is 3.88. The van der Waals surface area contributed by atoms with Crippen molar-refractivity contribution in [3.8, 4) is 0 Å². The number of hydrogen-bond donors (Lipinski definition) is 2. The smallest absolute Gasteiger partial charge is 0.0932 e. The van der Waals surface area contributed by atoms with Gasteiger partial charge in [0.1, 0.15) is 0 Å². The lowest BCUT2D eigenvalue weighted by Gasteiger charge is -2.33. The van der Waals surface area contributed by atoms with E-state index in [1.54, 1.807) is 0 Å². The van der Waals surface area contributed by atoms with Crippen LogP contribution >= 0.6 is 27.5 Å². The Morgan fingerprint density at radius 1 is 1.33 bits per heavy atom. The fraction of sp³-hybridized carbons (Fsp3) is 0.455. The molecule has 0 atom stereocenters. The Morgan fingerprint density at radius 2 is 2.00 bits per heavy atom. The quantitative estimate of drug-likeness (QED) is 0.833. The number of hydrogen-bond acceptors (Lipinski definition) is 2. The van der Waals surface area contributed by atoms with Crippen LogP contribution in [0.3, 0.4) is 0 Å². The summed E-state index contributed by atoms with van der Waals surface area (Å²) in [4.78, 5) is 0. The minimum Gasteiger partial charge on any atom is -0.385 e. The maximum atomic E-state index is 10.5.